The first-order valence-electron chi connectivity index (χ1n) is 12.4. The highest BCUT2D eigenvalue weighted by Gasteiger charge is 2.38. The Balaban J connectivity index is 0.00000191. The summed E-state index contributed by atoms with van der Waals surface area (Å²) >= 11 is 0. The molecule has 0 bridgehead atoms. The van der Waals surface area contributed by atoms with Crippen molar-refractivity contribution in [2.24, 2.45) is 5.73 Å². The summed E-state index contributed by atoms with van der Waals surface area (Å²) < 4.78 is 46.7. The zero-order chi connectivity index (χ0) is 30.6. The zero-order valence-corrected chi connectivity index (χ0v) is 22.3. The highest BCUT2D eigenvalue weighted by molar-refractivity contribution is 5.87. The molecule has 0 heterocycles. The monoisotopic (exact) mass is 579 g/mol. The van der Waals surface area contributed by atoms with E-state index in [1.165, 1.54) is 0 Å². The number of esters is 2. The van der Waals surface area contributed by atoms with Crippen LogP contribution in [0.3, 0.4) is 0 Å². The van der Waals surface area contributed by atoms with Crippen molar-refractivity contribution in [2.75, 3.05) is 19.8 Å². The van der Waals surface area contributed by atoms with Crippen molar-refractivity contribution in [3.8, 4) is 0 Å². The maximum Gasteiger partial charge on any atom is 0.490 e. The maximum atomic E-state index is 12.4. The van der Waals surface area contributed by atoms with Gasteiger partial charge in [0, 0.05) is 13.0 Å². The van der Waals surface area contributed by atoms with Gasteiger partial charge < -0.3 is 35.7 Å². The number of aliphatic carboxylic acids is 1. The van der Waals surface area contributed by atoms with Gasteiger partial charge in [-0.2, -0.15) is 13.2 Å². The second-order valence-electron chi connectivity index (χ2n) is 8.05. The van der Waals surface area contributed by atoms with E-state index in [9.17, 15) is 32.3 Å². The predicted molar refractivity (Wildman–Crippen MR) is 135 cm³/mol. The minimum absolute atomic E-state index is 0.0289. The number of halogens is 3. The molecule has 1 rings (SSSR count). The molecule has 0 unspecified atom stereocenters. The normalized spacial score (nSPS) is 12.1. The summed E-state index contributed by atoms with van der Waals surface area (Å²) in [7, 11) is 0. The lowest BCUT2D eigenvalue weighted by atomic mass is 10.1. The Labute approximate surface area is 229 Å². The molecule has 0 fully saturated rings. The van der Waals surface area contributed by atoms with E-state index in [-0.39, 0.29) is 32.7 Å². The largest absolute Gasteiger partial charge is 0.490 e. The fraction of sp³-hybridized carbons (Fsp3) is 0.560. The second-order valence-corrected chi connectivity index (χ2v) is 8.05. The number of carboxylic acid groups (broad SMARTS) is 1. The average Bonchev–Trinajstić information content (AvgIpc) is 2.90. The van der Waals surface area contributed by atoms with Crippen molar-refractivity contribution in [1.82, 2.24) is 10.6 Å². The Kier molecular flexibility index (Phi) is 18.1. The van der Waals surface area contributed by atoms with Crippen LogP contribution in [0.25, 0.3) is 0 Å². The molecular weight excluding hydrogens is 543 g/mol. The lowest BCUT2D eigenvalue weighted by Crippen LogP contribution is -2.49. The number of benzene rings is 1. The van der Waals surface area contributed by atoms with Crippen LogP contribution in [0, 0.1) is 0 Å². The SMILES string of the molecule is CCOC(=O)CC[C@H](NC(=O)[C@@H](N)CCCCNC(=O)OCc1ccccc1)C(=O)OCC.O=C(O)C(F)(F)F. The van der Waals surface area contributed by atoms with E-state index >= 15 is 0 Å². The quantitative estimate of drug-likeness (QED) is 0.137. The number of carbonyl (C=O) groups excluding carboxylic acids is 4. The van der Waals surface area contributed by atoms with Crippen LogP contribution in [-0.2, 0) is 40.0 Å². The van der Waals surface area contributed by atoms with Crippen molar-refractivity contribution < 1.29 is 56.5 Å². The van der Waals surface area contributed by atoms with Crippen LogP contribution in [0.1, 0.15) is 51.5 Å². The summed E-state index contributed by atoms with van der Waals surface area (Å²) in [4.78, 5) is 56.6. The molecule has 12 nitrogen and oxygen atoms in total. The van der Waals surface area contributed by atoms with Crippen LogP contribution in [0.5, 0.6) is 0 Å². The molecule has 1 aromatic carbocycles. The Morgan fingerprint density at radius 2 is 1.55 bits per heavy atom. The first-order valence-corrected chi connectivity index (χ1v) is 12.4. The van der Waals surface area contributed by atoms with Gasteiger partial charge in [-0.15, -0.1) is 0 Å². The van der Waals surface area contributed by atoms with Gasteiger partial charge in [0.1, 0.15) is 12.6 Å². The predicted octanol–water partition coefficient (Wildman–Crippen LogP) is 2.43. The molecule has 0 aromatic heterocycles. The highest BCUT2D eigenvalue weighted by Crippen LogP contribution is 2.13. The molecule has 0 saturated carbocycles. The van der Waals surface area contributed by atoms with Gasteiger partial charge in [-0.3, -0.25) is 9.59 Å². The minimum atomic E-state index is -5.08. The lowest BCUT2D eigenvalue weighted by molar-refractivity contribution is -0.192. The van der Waals surface area contributed by atoms with Gasteiger partial charge in [-0.25, -0.2) is 14.4 Å². The third kappa shape index (κ3) is 17.6. The molecule has 0 radical (unpaired) electrons. The third-order valence-corrected chi connectivity index (χ3v) is 4.83. The van der Waals surface area contributed by atoms with Crippen LogP contribution in [0.2, 0.25) is 0 Å². The molecule has 2 amide bonds. The van der Waals surface area contributed by atoms with E-state index < -0.39 is 48.2 Å². The number of nitrogens with one attached hydrogen (secondary N) is 2. The Morgan fingerprint density at radius 3 is 2.10 bits per heavy atom. The zero-order valence-electron chi connectivity index (χ0n) is 22.3. The molecule has 1 aromatic rings. The van der Waals surface area contributed by atoms with Crippen molar-refractivity contribution in [3.05, 3.63) is 35.9 Å². The van der Waals surface area contributed by atoms with Crippen LogP contribution in [-0.4, -0.2) is 73.0 Å². The van der Waals surface area contributed by atoms with E-state index in [1.54, 1.807) is 13.8 Å². The number of hydrogen-bond acceptors (Lipinski definition) is 9. The lowest BCUT2D eigenvalue weighted by Gasteiger charge is -2.19. The van der Waals surface area contributed by atoms with Crippen molar-refractivity contribution >= 4 is 29.9 Å². The summed E-state index contributed by atoms with van der Waals surface area (Å²) in [5, 5.41) is 12.3. The van der Waals surface area contributed by atoms with Crippen LogP contribution in [0.4, 0.5) is 18.0 Å². The number of unbranched alkanes of at least 4 members (excludes halogenated alkanes) is 1. The molecule has 40 heavy (non-hydrogen) atoms. The van der Waals surface area contributed by atoms with E-state index in [4.69, 9.17) is 29.8 Å². The summed E-state index contributed by atoms with van der Waals surface area (Å²) in [6.45, 7) is 4.30. The van der Waals surface area contributed by atoms with E-state index in [1.807, 2.05) is 30.3 Å². The second kappa shape index (κ2) is 20.1. The van der Waals surface area contributed by atoms with Crippen LogP contribution >= 0.6 is 0 Å². The van der Waals surface area contributed by atoms with E-state index in [0.717, 1.165) is 5.56 Å². The first kappa shape index (κ1) is 36.1. The smallest absolute Gasteiger partial charge is 0.475 e. The molecule has 0 aliphatic rings. The van der Waals surface area contributed by atoms with Crippen LogP contribution < -0.4 is 16.4 Å². The van der Waals surface area contributed by atoms with Gasteiger partial charge in [0.25, 0.3) is 0 Å². The average molecular weight is 580 g/mol. The standard InChI is InChI=1S/C23H35N3O7.C2HF3O2/c1-3-31-20(27)14-13-19(22(29)32-4-2)26-21(28)18(24)12-8-9-15-25-23(30)33-16-17-10-6-5-7-11-17;3-2(4,5)1(6)7/h5-7,10-11,18-19H,3-4,8-9,12-16,24H2,1-2H3,(H,25,30)(H,26,28);(H,6,7)/t18-,19-;/m0./s1. The first-order chi connectivity index (χ1) is 18.8. The molecule has 226 valence electrons. The number of rotatable bonds is 15. The summed E-state index contributed by atoms with van der Waals surface area (Å²) in [6, 6.07) is 7.53. The van der Waals surface area contributed by atoms with Gasteiger partial charge in [0.05, 0.1) is 19.3 Å². The molecule has 5 N–H and O–H groups in total. The van der Waals surface area contributed by atoms with Gasteiger partial charge in [0.2, 0.25) is 5.91 Å². The van der Waals surface area contributed by atoms with Gasteiger partial charge >= 0.3 is 30.2 Å². The fourth-order valence-electron chi connectivity index (χ4n) is 2.85. The summed E-state index contributed by atoms with van der Waals surface area (Å²) in [5.74, 6) is -4.35. The molecule has 15 heteroatoms. The number of ether oxygens (including phenoxy) is 3. The summed E-state index contributed by atoms with van der Waals surface area (Å²) in [6.07, 6.45) is -4.02. The highest BCUT2D eigenvalue weighted by atomic mass is 19.4. The molecule has 0 aliphatic heterocycles. The number of nitrogens with two attached hydrogens (primary N) is 1. The molecule has 0 aliphatic carbocycles. The summed E-state index contributed by atoms with van der Waals surface area (Å²) in [5.41, 5.74) is 6.83. The molecular formula is C25H36F3N3O9. The van der Waals surface area contributed by atoms with E-state index in [0.29, 0.717) is 25.8 Å². The number of carboxylic acids is 1. The van der Waals surface area contributed by atoms with Crippen molar-refractivity contribution in [3.63, 3.8) is 0 Å². The molecule has 2 atom stereocenters. The van der Waals surface area contributed by atoms with E-state index in [2.05, 4.69) is 10.6 Å². The van der Waals surface area contributed by atoms with Gasteiger partial charge in [-0.1, -0.05) is 30.3 Å². The number of amides is 2. The topological polar surface area (TPSA) is 183 Å². The van der Waals surface area contributed by atoms with Gasteiger partial charge in [0.15, 0.2) is 0 Å². The fourth-order valence-corrected chi connectivity index (χ4v) is 2.85. The van der Waals surface area contributed by atoms with Crippen LogP contribution in [0.15, 0.2) is 30.3 Å². The molecule has 0 saturated heterocycles. The number of alkyl halides is 3. The van der Waals surface area contributed by atoms with Crippen molar-refractivity contribution in [2.45, 2.75) is 70.8 Å². The number of alkyl carbamates (subject to hydrolysis) is 1. The minimum Gasteiger partial charge on any atom is -0.475 e. The molecule has 0 spiro atoms. The number of carbonyl (C=O) groups is 5. The Morgan fingerprint density at radius 1 is 0.950 bits per heavy atom. The van der Waals surface area contributed by atoms with Crippen molar-refractivity contribution in [1.29, 1.82) is 0 Å². The third-order valence-electron chi connectivity index (χ3n) is 4.83. The maximum absolute atomic E-state index is 12.4. The number of hydrogen-bond donors (Lipinski definition) is 4. The Hall–Kier alpha value is -3.88. The van der Waals surface area contributed by atoms with Gasteiger partial charge in [-0.05, 0) is 45.1 Å². The Bertz CT molecular complexity index is 931.